The van der Waals surface area contributed by atoms with Crippen LogP contribution in [0.2, 0.25) is 0 Å². The number of nitrogens with two attached hydrogens (primary N) is 2. The summed E-state index contributed by atoms with van der Waals surface area (Å²) in [6, 6.07) is 9.08. The summed E-state index contributed by atoms with van der Waals surface area (Å²) in [6.07, 6.45) is -0.340. The van der Waals surface area contributed by atoms with Crippen molar-refractivity contribution in [3.8, 4) is 0 Å². The van der Waals surface area contributed by atoms with E-state index in [-0.39, 0.29) is 17.9 Å². The van der Waals surface area contributed by atoms with E-state index in [2.05, 4.69) is 9.83 Å². The van der Waals surface area contributed by atoms with Crippen molar-refractivity contribution in [1.82, 2.24) is 0 Å². The third-order valence-corrected chi connectivity index (χ3v) is 2.96. The number of ether oxygens (including phenoxy) is 3. The largest absolute Gasteiger partial charge is 0.466 e. The molecule has 28 heavy (non-hydrogen) atoms. The van der Waals surface area contributed by atoms with E-state index in [0.29, 0.717) is 25.2 Å². The van der Waals surface area contributed by atoms with Gasteiger partial charge >= 0.3 is 12.1 Å². The van der Waals surface area contributed by atoms with E-state index >= 15 is 0 Å². The van der Waals surface area contributed by atoms with Crippen LogP contribution in [0.15, 0.2) is 35.3 Å². The zero-order chi connectivity index (χ0) is 21.6. The molecule has 158 valence electrons. The Balaban J connectivity index is 0.000000546. The second-order valence-corrected chi connectivity index (χ2v) is 6.69. The van der Waals surface area contributed by atoms with E-state index < -0.39 is 11.7 Å². The molecule has 1 atom stereocenters. The molecule has 4 N–H and O–H groups in total. The number of esters is 1. The number of methoxy groups -OCH3 is 1. The van der Waals surface area contributed by atoms with Crippen molar-refractivity contribution in [3.05, 3.63) is 35.9 Å². The maximum absolute atomic E-state index is 11.4. The van der Waals surface area contributed by atoms with Crippen LogP contribution in [0, 0.1) is 0 Å². The summed E-state index contributed by atoms with van der Waals surface area (Å²) < 4.78 is 14.5. The molecule has 0 aromatic heterocycles. The molecule has 0 fully saturated rings. The Morgan fingerprint density at radius 3 is 2.25 bits per heavy atom. The van der Waals surface area contributed by atoms with Gasteiger partial charge in [-0.2, -0.15) is 4.99 Å². The van der Waals surface area contributed by atoms with Crippen LogP contribution in [0.3, 0.4) is 0 Å². The Hall–Kier alpha value is -2.49. The quantitative estimate of drug-likeness (QED) is 0.309. The topological polar surface area (TPSA) is 135 Å². The first kappa shape index (κ1) is 25.5. The molecule has 0 heterocycles. The number of hydrogen-bond acceptors (Lipinski definition) is 7. The second kappa shape index (κ2) is 13.6. The van der Waals surface area contributed by atoms with Gasteiger partial charge in [-0.25, -0.2) is 10.7 Å². The standard InChI is InChI=1S/C12H16N2O2.C7H15NO4/c1-12(2,3)16-11(15)14-10(13)9-7-5-4-6-8-9;1-6(9)11-4-3-7(12-8)5-10-2/h4-8H,1-3H3,(H2,13,14,15);7H,3-5,8H2,1-2H3. The lowest BCUT2D eigenvalue weighted by Crippen LogP contribution is -2.24. The Kier molecular flexibility index (Phi) is 12.4. The number of amides is 1. The van der Waals surface area contributed by atoms with E-state index in [1.54, 1.807) is 40.0 Å². The monoisotopic (exact) mass is 397 g/mol. The van der Waals surface area contributed by atoms with Gasteiger partial charge in [-0.15, -0.1) is 0 Å². The van der Waals surface area contributed by atoms with Gasteiger partial charge in [-0.1, -0.05) is 30.3 Å². The van der Waals surface area contributed by atoms with Gasteiger partial charge < -0.3 is 19.9 Å². The van der Waals surface area contributed by atoms with E-state index in [1.807, 2.05) is 18.2 Å². The van der Waals surface area contributed by atoms with Crippen LogP contribution in [-0.2, 0) is 23.8 Å². The molecule has 1 rings (SSSR count). The fourth-order valence-electron chi connectivity index (χ4n) is 1.77. The zero-order valence-corrected chi connectivity index (χ0v) is 17.1. The summed E-state index contributed by atoms with van der Waals surface area (Å²) in [7, 11) is 1.55. The first-order valence-electron chi connectivity index (χ1n) is 8.69. The van der Waals surface area contributed by atoms with Crippen LogP contribution in [-0.4, -0.2) is 49.9 Å². The number of rotatable bonds is 7. The summed E-state index contributed by atoms with van der Waals surface area (Å²) in [6.45, 7) is 7.39. The van der Waals surface area contributed by atoms with Crippen LogP contribution in [0.25, 0.3) is 0 Å². The fraction of sp³-hybridized carbons (Fsp3) is 0.526. The maximum Gasteiger partial charge on any atom is 0.436 e. The summed E-state index contributed by atoms with van der Waals surface area (Å²) >= 11 is 0. The molecule has 1 aromatic rings. The number of amidine groups is 1. The van der Waals surface area contributed by atoms with Crippen LogP contribution >= 0.6 is 0 Å². The highest BCUT2D eigenvalue weighted by molar-refractivity contribution is 6.02. The summed E-state index contributed by atoms with van der Waals surface area (Å²) in [5.41, 5.74) is 5.81. The van der Waals surface area contributed by atoms with Gasteiger partial charge in [0.15, 0.2) is 0 Å². The lowest BCUT2D eigenvalue weighted by molar-refractivity contribution is -0.142. The minimum Gasteiger partial charge on any atom is -0.466 e. The van der Waals surface area contributed by atoms with Gasteiger partial charge in [0.05, 0.1) is 13.2 Å². The molecule has 1 aromatic carbocycles. The van der Waals surface area contributed by atoms with E-state index in [9.17, 15) is 9.59 Å². The average molecular weight is 397 g/mol. The lowest BCUT2D eigenvalue weighted by Gasteiger charge is -2.17. The molecular formula is C19H31N3O6. The number of carbonyl (C=O) groups excluding carboxylic acids is 2. The number of benzene rings is 1. The molecule has 1 amide bonds. The van der Waals surface area contributed by atoms with Crippen LogP contribution in [0.4, 0.5) is 4.79 Å². The van der Waals surface area contributed by atoms with Gasteiger partial charge in [0.2, 0.25) is 0 Å². The first-order valence-corrected chi connectivity index (χ1v) is 8.69. The molecule has 0 bridgehead atoms. The van der Waals surface area contributed by atoms with E-state index in [1.165, 1.54) is 6.92 Å². The molecule has 0 radical (unpaired) electrons. The first-order chi connectivity index (χ1) is 13.1. The van der Waals surface area contributed by atoms with Crippen molar-refractivity contribution in [3.63, 3.8) is 0 Å². The minimum absolute atomic E-state index is 0.162. The number of carbonyl (C=O) groups is 2. The summed E-state index contributed by atoms with van der Waals surface area (Å²) in [5.74, 6) is 4.81. The van der Waals surface area contributed by atoms with Crippen molar-refractivity contribution in [1.29, 1.82) is 0 Å². The van der Waals surface area contributed by atoms with Gasteiger partial charge in [-0.05, 0) is 20.8 Å². The highest BCUT2D eigenvalue weighted by atomic mass is 16.6. The lowest BCUT2D eigenvalue weighted by atomic mass is 10.2. The average Bonchev–Trinajstić information content (AvgIpc) is 2.60. The summed E-state index contributed by atoms with van der Waals surface area (Å²) in [4.78, 5) is 29.9. The maximum atomic E-state index is 11.4. The number of nitrogens with zero attached hydrogens (tertiary/aromatic N) is 1. The third kappa shape index (κ3) is 13.7. The smallest absolute Gasteiger partial charge is 0.436 e. The Bertz CT molecular complexity index is 614. The molecule has 9 heteroatoms. The Labute approximate surface area is 165 Å². The molecule has 0 aliphatic rings. The molecular weight excluding hydrogens is 366 g/mol. The molecule has 0 spiro atoms. The van der Waals surface area contributed by atoms with Crippen molar-refractivity contribution in [2.75, 3.05) is 20.3 Å². The Morgan fingerprint density at radius 2 is 1.79 bits per heavy atom. The summed E-state index contributed by atoms with van der Waals surface area (Å²) in [5, 5.41) is 0. The predicted molar refractivity (Wildman–Crippen MR) is 106 cm³/mol. The van der Waals surface area contributed by atoms with Crippen LogP contribution < -0.4 is 11.6 Å². The molecule has 0 aliphatic carbocycles. The highest BCUT2D eigenvalue weighted by Gasteiger charge is 2.16. The van der Waals surface area contributed by atoms with E-state index in [4.69, 9.17) is 25.8 Å². The second-order valence-electron chi connectivity index (χ2n) is 6.69. The molecule has 0 aliphatic heterocycles. The predicted octanol–water partition coefficient (Wildman–Crippen LogP) is 2.17. The van der Waals surface area contributed by atoms with Gasteiger partial charge in [0.25, 0.3) is 0 Å². The highest BCUT2D eigenvalue weighted by Crippen LogP contribution is 2.08. The van der Waals surface area contributed by atoms with Gasteiger partial charge in [-0.3, -0.25) is 9.63 Å². The Morgan fingerprint density at radius 1 is 1.18 bits per heavy atom. The van der Waals surface area contributed by atoms with Gasteiger partial charge in [0, 0.05) is 26.0 Å². The minimum atomic E-state index is -0.672. The normalized spacial score (nSPS) is 12.4. The fourth-order valence-corrected chi connectivity index (χ4v) is 1.77. The van der Waals surface area contributed by atoms with Crippen molar-refractivity contribution < 1.29 is 28.6 Å². The molecule has 0 saturated heterocycles. The van der Waals surface area contributed by atoms with Crippen LogP contribution in [0.1, 0.15) is 39.7 Å². The van der Waals surface area contributed by atoms with Crippen molar-refractivity contribution in [2.45, 2.75) is 45.8 Å². The van der Waals surface area contributed by atoms with Gasteiger partial charge in [0.1, 0.15) is 17.5 Å². The molecule has 9 nitrogen and oxygen atoms in total. The SMILES string of the molecule is CC(C)(C)OC(=O)/N=C(\N)c1ccccc1.COCC(CCOC(C)=O)ON. The molecule has 0 saturated carbocycles. The van der Waals surface area contributed by atoms with Crippen molar-refractivity contribution in [2.24, 2.45) is 16.6 Å². The molecule has 1 unspecified atom stereocenters. The number of hydrogen-bond donors (Lipinski definition) is 2. The van der Waals surface area contributed by atoms with Crippen molar-refractivity contribution >= 4 is 17.9 Å². The number of aliphatic imine (C=N–C) groups is 1. The van der Waals surface area contributed by atoms with E-state index in [0.717, 1.165) is 0 Å². The zero-order valence-electron chi connectivity index (χ0n) is 17.1. The van der Waals surface area contributed by atoms with Crippen LogP contribution in [0.5, 0.6) is 0 Å². The third-order valence-electron chi connectivity index (χ3n) is 2.96.